The highest BCUT2D eigenvalue weighted by atomic mass is 16.5. The largest absolute Gasteiger partial charge is 0.497 e. The summed E-state index contributed by atoms with van der Waals surface area (Å²) in [6.45, 7) is 1.41. The van der Waals surface area contributed by atoms with Gasteiger partial charge in [0.1, 0.15) is 16.9 Å². The maximum Gasteiger partial charge on any atom is 0.349 e. The molecule has 0 aliphatic heterocycles. The summed E-state index contributed by atoms with van der Waals surface area (Å²) in [5.74, 6) is -0.187. The molecule has 0 saturated carbocycles. The van der Waals surface area contributed by atoms with Crippen LogP contribution >= 0.6 is 0 Å². The van der Waals surface area contributed by atoms with Gasteiger partial charge in [0.15, 0.2) is 0 Å². The molecule has 3 rings (SSSR count). The minimum atomic E-state index is -0.727. The van der Waals surface area contributed by atoms with Crippen LogP contribution in [0.1, 0.15) is 17.3 Å². The third-order valence-corrected chi connectivity index (χ3v) is 3.65. The zero-order valence-corrected chi connectivity index (χ0v) is 14.2. The van der Waals surface area contributed by atoms with Gasteiger partial charge in [-0.05, 0) is 48.5 Å². The van der Waals surface area contributed by atoms with Crippen molar-refractivity contribution in [3.8, 4) is 5.75 Å². The Labute approximate surface area is 148 Å². The van der Waals surface area contributed by atoms with E-state index in [-0.39, 0.29) is 11.5 Å². The lowest BCUT2D eigenvalue weighted by molar-refractivity contribution is -0.114. The Hall–Kier alpha value is -3.61. The quantitative estimate of drug-likeness (QED) is 0.704. The first kappa shape index (κ1) is 17.2. The second-order valence-electron chi connectivity index (χ2n) is 5.56. The Kier molecular flexibility index (Phi) is 4.70. The topological polar surface area (TPSA) is 97.6 Å². The van der Waals surface area contributed by atoms with Gasteiger partial charge in [0.05, 0.1) is 7.11 Å². The Morgan fingerprint density at radius 3 is 2.23 bits per heavy atom. The van der Waals surface area contributed by atoms with Gasteiger partial charge in [-0.2, -0.15) is 0 Å². The van der Waals surface area contributed by atoms with Crippen molar-refractivity contribution in [2.75, 3.05) is 17.7 Å². The zero-order valence-electron chi connectivity index (χ0n) is 14.2. The van der Waals surface area contributed by atoms with Crippen LogP contribution in [0, 0.1) is 0 Å². The lowest BCUT2D eigenvalue weighted by atomic mass is 10.1. The normalized spacial score (nSPS) is 10.4. The standard InChI is InChI=1S/C19H16N2O5/c1-11(22)20-13-3-5-14(6-4-13)21-18(23)16-10-12-9-15(25-2)7-8-17(12)26-19(16)24/h3-10H,1-2H3,(H,20,22)(H,21,23). The van der Waals surface area contributed by atoms with Crippen LogP contribution in [0.25, 0.3) is 11.0 Å². The molecule has 2 aromatic carbocycles. The van der Waals surface area contributed by atoms with Crippen molar-refractivity contribution in [3.63, 3.8) is 0 Å². The van der Waals surface area contributed by atoms with E-state index in [1.165, 1.54) is 20.1 Å². The van der Waals surface area contributed by atoms with Gasteiger partial charge in [0.25, 0.3) is 5.91 Å². The zero-order chi connectivity index (χ0) is 18.7. The maximum absolute atomic E-state index is 12.4. The summed E-state index contributed by atoms with van der Waals surface area (Å²) in [6.07, 6.45) is 0. The van der Waals surface area contributed by atoms with Gasteiger partial charge >= 0.3 is 5.63 Å². The van der Waals surface area contributed by atoms with Gasteiger partial charge in [-0.1, -0.05) is 0 Å². The van der Waals surface area contributed by atoms with E-state index < -0.39 is 11.5 Å². The monoisotopic (exact) mass is 352 g/mol. The van der Waals surface area contributed by atoms with Crippen LogP contribution in [0.5, 0.6) is 5.75 Å². The SMILES string of the molecule is COc1ccc2oc(=O)c(C(=O)Nc3ccc(NC(C)=O)cc3)cc2c1. The molecule has 0 atom stereocenters. The Balaban J connectivity index is 1.86. The van der Waals surface area contributed by atoms with Crippen molar-refractivity contribution in [3.05, 3.63) is 64.5 Å². The van der Waals surface area contributed by atoms with Crippen LogP contribution in [0.2, 0.25) is 0 Å². The summed E-state index contributed by atoms with van der Waals surface area (Å²) >= 11 is 0. The number of carbonyl (C=O) groups is 2. The molecule has 0 unspecified atom stereocenters. The molecule has 2 amide bonds. The van der Waals surface area contributed by atoms with E-state index in [9.17, 15) is 14.4 Å². The Bertz CT molecular complexity index is 1040. The number of hydrogen-bond acceptors (Lipinski definition) is 5. The van der Waals surface area contributed by atoms with Crippen LogP contribution < -0.4 is 21.0 Å². The minimum Gasteiger partial charge on any atom is -0.497 e. The smallest absolute Gasteiger partial charge is 0.349 e. The highest BCUT2D eigenvalue weighted by molar-refractivity contribution is 6.05. The summed E-state index contributed by atoms with van der Waals surface area (Å²) in [7, 11) is 1.53. The fourth-order valence-electron chi connectivity index (χ4n) is 2.43. The molecule has 1 heterocycles. The van der Waals surface area contributed by atoms with Crippen molar-refractivity contribution in [1.29, 1.82) is 0 Å². The lowest BCUT2D eigenvalue weighted by Crippen LogP contribution is -2.20. The van der Waals surface area contributed by atoms with Gasteiger partial charge in [0, 0.05) is 23.7 Å². The third kappa shape index (κ3) is 3.72. The fraction of sp³-hybridized carbons (Fsp3) is 0.105. The highest BCUT2D eigenvalue weighted by Gasteiger charge is 2.14. The van der Waals surface area contributed by atoms with Crippen LogP contribution in [0.3, 0.4) is 0 Å². The number of anilines is 2. The van der Waals surface area contributed by atoms with Crippen molar-refractivity contribution >= 4 is 34.2 Å². The number of amides is 2. The Morgan fingerprint density at radius 1 is 0.962 bits per heavy atom. The van der Waals surface area contributed by atoms with Crippen LogP contribution in [0.15, 0.2) is 57.7 Å². The summed E-state index contributed by atoms with van der Waals surface area (Å²) in [5, 5.41) is 5.84. The molecule has 7 heteroatoms. The molecule has 1 aromatic heterocycles. The van der Waals surface area contributed by atoms with Gasteiger partial charge in [-0.3, -0.25) is 9.59 Å². The molecule has 0 saturated heterocycles. The van der Waals surface area contributed by atoms with E-state index in [0.29, 0.717) is 28.1 Å². The number of ether oxygens (including phenoxy) is 1. The molecule has 3 aromatic rings. The third-order valence-electron chi connectivity index (χ3n) is 3.65. The molecule has 0 aliphatic rings. The maximum atomic E-state index is 12.4. The fourth-order valence-corrected chi connectivity index (χ4v) is 2.43. The average Bonchev–Trinajstić information content (AvgIpc) is 2.62. The number of carbonyl (C=O) groups excluding carboxylic acids is 2. The van der Waals surface area contributed by atoms with Gasteiger partial charge in [-0.25, -0.2) is 4.79 Å². The molecule has 2 N–H and O–H groups in total. The molecule has 0 spiro atoms. The molecule has 0 bridgehead atoms. The first-order valence-electron chi connectivity index (χ1n) is 7.77. The number of methoxy groups -OCH3 is 1. The lowest BCUT2D eigenvalue weighted by Gasteiger charge is -2.07. The van der Waals surface area contributed by atoms with E-state index in [1.807, 2.05) is 0 Å². The number of fused-ring (bicyclic) bond motifs is 1. The van der Waals surface area contributed by atoms with Crippen LogP contribution in [-0.4, -0.2) is 18.9 Å². The molecular formula is C19H16N2O5. The minimum absolute atomic E-state index is 0.114. The molecule has 0 fully saturated rings. The first-order valence-corrected chi connectivity index (χ1v) is 7.77. The van der Waals surface area contributed by atoms with Crippen LogP contribution in [-0.2, 0) is 4.79 Å². The second kappa shape index (κ2) is 7.10. The number of nitrogens with one attached hydrogen (secondary N) is 2. The van der Waals surface area contributed by atoms with E-state index in [0.717, 1.165) is 0 Å². The number of benzene rings is 2. The first-order chi connectivity index (χ1) is 12.5. The molecular weight excluding hydrogens is 336 g/mol. The molecule has 26 heavy (non-hydrogen) atoms. The van der Waals surface area contributed by atoms with E-state index in [4.69, 9.17) is 9.15 Å². The predicted molar refractivity (Wildman–Crippen MR) is 97.7 cm³/mol. The summed E-state index contributed by atoms with van der Waals surface area (Å²) in [6, 6.07) is 12.9. The van der Waals surface area contributed by atoms with E-state index in [2.05, 4.69) is 10.6 Å². The van der Waals surface area contributed by atoms with E-state index >= 15 is 0 Å². The van der Waals surface area contributed by atoms with Crippen LogP contribution in [0.4, 0.5) is 11.4 Å². The summed E-state index contributed by atoms with van der Waals surface area (Å²) in [5.41, 5.74) is 0.612. The average molecular weight is 352 g/mol. The van der Waals surface area contributed by atoms with Crippen molar-refractivity contribution in [2.45, 2.75) is 6.92 Å². The number of rotatable bonds is 4. The predicted octanol–water partition coefficient (Wildman–Crippen LogP) is 3.01. The molecule has 0 radical (unpaired) electrons. The molecule has 7 nitrogen and oxygen atoms in total. The Morgan fingerprint density at radius 2 is 1.62 bits per heavy atom. The van der Waals surface area contributed by atoms with E-state index in [1.54, 1.807) is 42.5 Å². The van der Waals surface area contributed by atoms with Gasteiger partial charge in [0.2, 0.25) is 5.91 Å². The highest BCUT2D eigenvalue weighted by Crippen LogP contribution is 2.21. The van der Waals surface area contributed by atoms with Gasteiger partial charge in [-0.15, -0.1) is 0 Å². The molecule has 132 valence electrons. The second-order valence-corrected chi connectivity index (χ2v) is 5.56. The number of hydrogen-bond donors (Lipinski definition) is 2. The van der Waals surface area contributed by atoms with Crippen molar-refractivity contribution < 1.29 is 18.7 Å². The van der Waals surface area contributed by atoms with Gasteiger partial charge < -0.3 is 19.8 Å². The molecule has 0 aliphatic carbocycles. The van der Waals surface area contributed by atoms with Crippen molar-refractivity contribution in [1.82, 2.24) is 0 Å². The van der Waals surface area contributed by atoms with Crippen molar-refractivity contribution in [2.24, 2.45) is 0 Å². The summed E-state index contributed by atoms with van der Waals surface area (Å²) < 4.78 is 10.3. The summed E-state index contributed by atoms with van der Waals surface area (Å²) in [4.78, 5) is 35.5.